The third-order valence-corrected chi connectivity index (χ3v) is 13.8. The summed E-state index contributed by atoms with van der Waals surface area (Å²) < 4.78 is 42.5. The molecule has 4 aromatic carbocycles. The van der Waals surface area contributed by atoms with Crippen molar-refractivity contribution in [3.63, 3.8) is 0 Å². The number of esters is 1. The van der Waals surface area contributed by atoms with Gasteiger partial charge in [-0.2, -0.15) is 0 Å². The highest BCUT2D eigenvalue weighted by Crippen LogP contribution is 2.46. The van der Waals surface area contributed by atoms with Crippen molar-refractivity contribution < 1.29 is 22.7 Å². The van der Waals surface area contributed by atoms with E-state index >= 15 is 0 Å². The molecule has 0 spiro atoms. The van der Waals surface area contributed by atoms with Gasteiger partial charge in [0, 0.05) is 45.8 Å². The number of nitrogens with one attached hydrogen (secondary N) is 1. The number of rotatable bonds is 12. The third kappa shape index (κ3) is 9.40. The van der Waals surface area contributed by atoms with Gasteiger partial charge in [0.1, 0.15) is 17.4 Å². The number of hydrogen-bond donors (Lipinski definition) is 3. The van der Waals surface area contributed by atoms with Crippen molar-refractivity contribution >= 4 is 33.6 Å². The Morgan fingerprint density at radius 2 is 1.50 bits per heavy atom. The Balaban J connectivity index is 1.19. The molecule has 0 aromatic heterocycles. The maximum absolute atomic E-state index is 14.1. The molecular weight excluding hydrogens is 768 g/mol. The number of hydrogen-bond acceptors (Lipinski definition) is 7. The van der Waals surface area contributed by atoms with Crippen LogP contribution in [0.15, 0.2) is 88.8 Å². The fourth-order valence-electron chi connectivity index (χ4n) is 8.77. The summed E-state index contributed by atoms with van der Waals surface area (Å²) in [4.78, 5) is 18.6. The van der Waals surface area contributed by atoms with Crippen molar-refractivity contribution in [3.8, 4) is 5.75 Å². The first-order chi connectivity index (χ1) is 27.6. The van der Waals surface area contributed by atoms with Gasteiger partial charge in [0.25, 0.3) is 10.0 Å². The fourth-order valence-corrected chi connectivity index (χ4v) is 10.5. The van der Waals surface area contributed by atoms with Crippen LogP contribution in [0.4, 0.5) is 0 Å². The van der Waals surface area contributed by atoms with Crippen LogP contribution in [0, 0.1) is 20.8 Å². The average molecular weight is 828 g/mol. The molecule has 6 rings (SSSR count). The number of carbonyl (C=O) groups excluding carboxylic acids is 1. The number of ether oxygens (including phenoxy) is 2. The van der Waals surface area contributed by atoms with E-state index < -0.39 is 33.2 Å². The molecule has 0 radical (unpaired) electrons. The normalized spacial score (nSPS) is 17.8. The van der Waals surface area contributed by atoms with Crippen LogP contribution >= 0.6 is 11.6 Å². The number of nitrogens with zero attached hydrogens (tertiary/aromatic N) is 1. The summed E-state index contributed by atoms with van der Waals surface area (Å²) in [6.07, 6.45) is 11.2. The lowest BCUT2D eigenvalue weighted by molar-refractivity contribution is -0.155. The molecule has 1 fully saturated rings. The van der Waals surface area contributed by atoms with Gasteiger partial charge >= 0.3 is 5.97 Å². The smallest absolute Gasteiger partial charge is 0.324 e. The predicted octanol–water partition coefficient (Wildman–Crippen LogP) is 9.43. The van der Waals surface area contributed by atoms with Crippen molar-refractivity contribution in [2.24, 2.45) is 16.5 Å². The maximum Gasteiger partial charge on any atom is 0.324 e. The number of halogens is 1. The van der Waals surface area contributed by atoms with Gasteiger partial charge in [0.2, 0.25) is 5.96 Å². The lowest BCUT2D eigenvalue weighted by Gasteiger charge is -2.37. The number of guanidine groups is 1. The van der Waals surface area contributed by atoms with E-state index in [1.807, 2.05) is 69.3 Å². The van der Waals surface area contributed by atoms with E-state index in [0.29, 0.717) is 46.2 Å². The number of nitrogens with two attached hydrogens (primary N) is 2. The van der Waals surface area contributed by atoms with Crippen LogP contribution in [-0.4, -0.2) is 38.5 Å². The highest BCUT2D eigenvalue weighted by molar-refractivity contribution is 7.90. The molecule has 2 aliphatic rings. The molecule has 1 saturated carbocycles. The SMILES string of the molecule is Cc1c(C)c(S(=O)(=O)NC(N)=NCCC[C@H](N)C(=O)OC(c2ccccc2)(c2ccc(C3CCCCCCCC3)cc2)c2ccccc2Cl)c(C)c2c1CC(C)(C)O2. The largest absolute Gasteiger partial charge is 0.487 e. The zero-order valence-electron chi connectivity index (χ0n) is 34.6. The van der Waals surface area contributed by atoms with Gasteiger partial charge in [-0.05, 0) is 89.0 Å². The highest BCUT2D eigenvalue weighted by Gasteiger charge is 2.43. The second-order valence-corrected chi connectivity index (χ2v) is 18.7. The average Bonchev–Trinajstić information content (AvgIpc) is 3.60. The Labute approximate surface area is 350 Å². The molecule has 1 aliphatic carbocycles. The molecule has 11 heteroatoms. The second kappa shape index (κ2) is 18.3. The number of fused-ring (bicyclic) bond motifs is 1. The lowest BCUT2D eigenvalue weighted by atomic mass is 9.78. The molecule has 0 amide bonds. The molecule has 1 unspecified atom stereocenters. The summed E-state index contributed by atoms with van der Waals surface area (Å²) in [5, 5.41) is 0.456. The zero-order valence-corrected chi connectivity index (χ0v) is 36.1. The van der Waals surface area contributed by atoms with Gasteiger partial charge in [-0.15, -0.1) is 0 Å². The Bertz CT molecular complexity index is 2220. The van der Waals surface area contributed by atoms with E-state index in [-0.39, 0.29) is 23.8 Å². The summed E-state index contributed by atoms with van der Waals surface area (Å²) in [6, 6.07) is 24.5. The maximum atomic E-state index is 14.1. The van der Waals surface area contributed by atoms with E-state index in [2.05, 4.69) is 34.0 Å². The first kappa shape index (κ1) is 43.2. The van der Waals surface area contributed by atoms with Crippen molar-refractivity contribution in [3.05, 3.63) is 128 Å². The van der Waals surface area contributed by atoms with Crippen molar-refractivity contribution in [1.29, 1.82) is 0 Å². The summed E-state index contributed by atoms with van der Waals surface area (Å²) in [7, 11) is -4.08. The summed E-state index contributed by atoms with van der Waals surface area (Å²) >= 11 is 6.95. The van der Waals surface area contributed by atoms with Crippen molar-refractivity contribution in [2.45, 2.75) is 133 Å². The van der Waals surface area contributed by atoms with E-state index in [4.69, 9.17) is 32.5 Å². The van der Waals surface area contributed by atoms with Gasteiger partial charge in [0.05, 0.1) is 4.90 Å². The quantitative estimate of drug-likeness (QED) is 0.0424. The fraction of sp³-hybridized carbons (Fsp3) is 0.447. The van der Waals surface area contributed by atoms with Gasteiger partial charge in [-0.25, -0.2) is 13.1 Å². The molecule has 9 nitrogen and oxygen atoms in total. The minimum absolute atomic E-state index is 0.130. The minimum atomic E-state index is -4.08. The topological polar surface area (TPSA) is 146 Å². The molecule has 0 saturated heterocycles. The van der Waals surface area contributed by atoms with Crippen LogP contribution in [0.1, 0.15) is 128 Å². The summed E-state index contributed by atoms with van der Waals surface area (Å²) in [5.41, 5.74) is 17.4. The Morgan fingerprint density at radius 3 is 2.16 bits per heavy atom. The monoisotopic (exact) mass is 826 g/mol. The molecule has 58 heavy (non-hydrogen) atoms. The van der Waals surface area contributed by atoms with Gasteiger partial charge in [-0.1, -0.05) is 123 Å². The first-order valence-electron chi connectivity index (χ1n) is 20.7. The molecule has 2 atom stereocenters. The van der Waals surface area contributed by atoms with Crippen molar-refractivity contribution in [1.82, 2.24) is 4.72 Å². The summed E-state index contributed by atoms with van der Waals surface area (Å²) in [6.45, 7) is 9.57. The standard InChI is InChI=1S/C47H59ClN4O5S/c1-31-32(2)43(33(3)42-38(31)30-46(4,5)56-42)58(54,55)52-45(50)51-29-17-24-41(49)44(53)57-47(36-20-13-10-14-21-36,39-22-15-16-23-40(39)48)37-27-25-35(26-28-37)34-18-11-8-6-7-9-12-19-34/h10,13-16,20-23,25-28,34,41H,6-9,11-12,17-19,24,29-30,49H2,1-5H3,(H3,50,51,52)/t41-,47?/m0/s1. The minimum Gasteiger partial charge on any atom is -0.487 e. The van der Waals surface area contributed by atoms with Gasteiger partial charge < -0.3 is 20.9 Å². The molecule has 1 aliphatic heterocycles. The number of sulfonamides is 1. The van der Waals surface area contributed by atoms with E-state index in [0.717, 1.165) is 22.3 Å². The number of aliphatic imine (C=N–C) groups is 1. The number of carbonyl (C=O) groups is 1. The Morgan fingerprint density at radius 1 is 0.897 bits per heavy atom. The lowest BCUT2D eigenvalue weighted by Crippen LogP contribution is -2.42. The third-order valence-electron chi connectivity index (χ3n) is 11.9. The van der Waals surface area contributed by atoms with Crippen LogP contribution in [0.25, 0.3) is 0 Å². The molecule has 0 bridgehead atoms. The van der Waals surface area contributed by atoms with E-state index in [1.165, 1.54) is 56.9 Å². The second-order valence-electron chi connectivity index (χ2n) is 16.6. The van der Waals surface area contributed by atoms with Crippen LogP contribution < -0.4 is 20.9 Å². The Kier molecular flexibility index (Phi) is 13.6. The number of benzene rings is 4. The van der Waals surface area contributed by atoms with Crippen LogP contribution in [0.2, 0.25) is 5.02 Å². The van der Waals surface area contributed by atoms with E-state index in [9.17, 15) is 13.2 Å². The van der Waals surface area contributed by atoms with Crippen molar-refractivity contribution in [2.75, 3.05) is 6.54 Å². The van der Waals surface area contributed by atoms with Crippen LogP contribution in [0.3, 0.4) is 0 Å². The predicted molar refractivity (Wildman–Crippen MR) is 233 cm³/mol. The Hall–Kier alpha value is -4.38. The molecular formula is C47H59ClN4O5S. The highest BCUT2D eigenvalue weighted by atomic mass is 35.5. The zero-order chi connectivity index (χ0) is 41.7. The summed E-state index contributed by atoms with van der Waals surface area (Å²) in [5.74, 6) is 0.230. The van der Waals surface area contributed by atoms with E-state index in [1.54, 1.807) is 19.9 Å². The molecule has 5 N–H and O–H groups in total. The molecule has 310 valence electrons. The van der Waals surface area contributed by atoms with Crippen LogP contribution in [-0.2, 0) is 31.6 Å². The van der Waals surface area contributed by atoms with Gasteiger partial charge in [0.15, 0.2) is 5.60 Å². The first-order valence-corrected chi connectivity index (χ1v) is 22.5. The molecule has 1 heterocycles. The van der Waals surface area contributed by atoms with Gasteiger partial charge in [-0.3, -0.25) is 9.79 Å². The van der Waals surface area contributed by atoms with Crippen LogP contribution in [0.5, 0.6) is 5.75 Å². The molecule has 4 aromatic rings.